The number of aliphatic imine (C=N–C) groups is 1. The fraction of sp³-hybridized carbons (Fsp3) is 0.316. The van der Waals surface area contributed by atoms with Crippen molar-refractivity contribution in [3.63, 3.8) is 0 Å². The molecule has 1 aliphatic heterocycles. The van der Waals surface area contributed by atoms with Crippen LogP contribution in [0.2, 0.25) is 5.02 Å². The van der Waals surface area contributed by atoms with Gasteiger partial charge in [-0.2, -0.15) is 0 Å². The van der Waals surface area contributed by atoms with Gasteiger partial charge in [0.15, 0.2) is 0 Å². The fourth-order valence-corrected chi connectivity index (χ4v) is 4.29. The van der Waals surface area contributed by atoms with Crippen molar-refractivity contribution in [2.75, 3.05) is 4.90 Å². The Morgan fingerprint density at radius 1 is 1.20 bits per heavy atom. The Bertz CT molecular complexity index is 906. The summed E-state index contributed by atoms with van der Waals surface area (Å²) in [4.78, 5) is 7.84. The average Bonchev–Trinajstić information content (AvgIpc) is 2.76. The maximum Gasteiger partial charge on any atom is 0.134 e. The summed E-state index contributed by atoms with van der Waals surface area (Å²) in [5.74, 6) is 0.639. The van der Waals surface area contributed by atoms with E-state index in [2.05, 4.69) is 13.8 Å². The van der Waals surface area contributed by atoms with Crippen molar-refractivity contribution in [2.24, 2.45) is 4.99 Å². The van der Waals surface area contributed by atoms with E-state index in [0.29, 0.717) is 16.7 Å². The number of rotatable bonds is 1. The highest BCUT2D eigenvalue weighted by molar-refractivity contribution is 7.17. The Labute approximate surface area is 157 Å². The molecule has 0 spiro atoms. The molecule has 25 heavy (non-hydrogen) atoms. The van der Waals surface area contributed by atoms with Crippen molar-refractivity contribution in [1.29, 1.82) is 10.8 Å². The first-order valence-electron chi connectivity index (χ1n) is 8.04. The van der Waals surface area contributed by atoms with Crippen LogP contribution in [0.5, 0.6) is 0 Å². The molecule has 0 atom stereocenters. The van der Waals surface area contributed by atoms with Gasteiger partial charge in [0.1, 0.15) is 22.2 Å². The fourth-order valence-electron chi connectivity index (χ4n) is 2.95. The first-order valence-corrected chi connectivity index (χ1v) is 9.23. The molecule has 2 heterocycles. The molecule has 1 aromatic carbocycles. The molecule has 0 radical (unpaired) electrons. The van der Waals surface area contributed by atoms with Gasteiger partial charge in [0, 0.05) is 21.0 Å². The van der Waals surface area contributed by atoms with Gasteiger partial charge in [-0.3, -0.25) is 20.7 Å². The molecule has 2 aromatic rings. The number of fused-ring (bicyclic) bond motifs is 1. The minimum Gasteiger partial charge on any atom is -0.288 e. The molecule has 3 rings (SSSR count). The summed E-state index contributed by atoms with van der Waals surface area (Å²) in [5, 5.41) is 18.5. The van der Waals surface area contributed by atoms with E-state index in [4.69, 9.17) is 27.4 Å². The van der Waals surface area contributed by atoms with Crippen molar-refractivity contribution < 1.29 is 0 Å². The van der Waals surface area contributed by atoms with Crippen LogP contribution in [0.4, 0.5) is 5.00 Å². The van der Waals surface area contributed by atoms with E-state index in [0.717, 1.165) is 27.4 Å². The number of anilines is 1. The molecule has 0 bridgehead atoms. The van der Waals surface area contributed by atoms with Crippen LogP contribution in [0.25, 0.3) is 0 Å². The zero-order valence-electron chi connectivity index (χ0n) is 15.0. The Hall–Kier alpha value is -1.98. The number of benzene rings is 1. The molecule has 0 saturated heterocycles. The lowest BCUT2D eigenvalue weighted by molar-refractivity contribution is 0.692. The van der Waals surface area contributed by atoms with Crippen LogP contribution in [0, 0.1) is 24.7 Å². The van der Waals surface area contributed by atoms with Gasteiger partial charge >= 0.3 is 0 Å². The van der Waals surface area contributed by atoms with Crippen molar-refractivity contribution in [1.82, 2.24) is 0 Å². The second-order valence-corrected chi connectivity index (χ2v) is 8.40. The number of nitrogens with zero attached hydrogens (tertiary/aromatic N) is 2. The number of halogens is 1. The maximum atomic E-state index is 8.68. The summed E-state index contributed by atoms with van der Waals surface area (Å²) in [6.07, 6.45) is 0. The van der Waals surface area contributed by atoms with Crippen LogP contribution >= 0.6 is 22.9 Å². The van der Waals surface area contributed by atoms with E-state index in [1.165, 1.54) is 4.88 Å². The highest BCUT2D eigenvalue weighted by atomic mass is 35.5. The van der Waals surface area contributed by atoms with Gasteiger partial charge in [0.2, 0.25) is 0 Å². The van der Waals surface area contributed by atoms with Crippen LogP contribution in [0.1, 0.15) is 42.3 Å². The molecule has 6 heteroatoms. The third-order valence-electron chi connectivity index (χ3n) is 4.45. The second-order valence-electron chi connectivity index (χ2n) is 6.76. The highest BCUT2D eigenvalue weighted by Gasteiger charge is 2.37. The lowest BCUT2D eigenvalue weighted by atomic mass is 9.99. The van der Waals surface area contributed by atoms with Crippen LogP contribution < -0.4 is 4.90 Å². The van der Waals surface area contributed by atoms with E-state index in [1.807, 2.05) is 38.1 Å². The van der Waals surface area contributed by atoms with E-state index in [9.17, 15) is 0 Å². The third-order valence-corrected chi connectivity index (χ3v) is 5.90. The van der Waals surface area contributed by atoms with Crippen molar-refractivity contribution in [3.05, 3.63) is 50.9 Å². The largest absolute Gasteiger partial charge is 0.288 e. The number of amidine groups is 2. The molecule has 0 saturated carbocycles. The monoisotopic (exact) mass is 372 g/mol. The summed E-state index contributed by atoms with van der Waals surface area (Å²) in [5.41, 5.74) is 3.23. The number of thiophene rings is 1. The number of hydrogen-bond donors (Lipinski definition) is 2. The molecular weight excluding hydrogens is 352 g/mol. The Balaban J connectivity index is 2.36. The molecule has 4 nitrogen and oxygen atoms in total. The van der Waals surface area contributed by atoms with Crippen molar-refractivity contribution >= 4 is 45.3 Å². The van der Waals surface area contributed by atoms with Gasteiger partial charge in [-0.25, -0.2) is 0 Å². The molecule has 130 valence electrons. The zero-order chi connectivity index (χ0) is 18.5. The Kier molecular flexibility index (Phi) is 4.33. The maximum absolute atomic E-state index is 8.68. The summed E-state index contributed by atoms with van der Waals surface area (Å²) < 4.78 is 0. The predicted octanol–water partition coefficient (Wildman–Crippen LogP) is 5.43. The van der Waals surface area contributed by atoms with Crippen molar-refractivity contribution in [3.8, 4) is 0 Å². The van der Waals surface area contributed by atoms with Crippen LogP contribution in [-0.4, -0.2) is 22.9 Å². The topological polar surface area (TPSA) is 63.3 Å². The predicted molar refractivity (Wildman–Crippen MR) is 109 cm³/mol. The molecular formula is C19H21ClN4S. The zero-order valence-corrected chi connectivity index (χ0v) is 16.6. The average molecular weight is 373 g/mol. The summed E-state index contributed by atoms with van der Waals surface area (Å²) >= 11 is 7.66. The quantitative estimate of drug-likeness (QED) is 0.508. The van der Waals surface area contributed by atoms with Crippen LogP contribution in [0.3, 0.4) is 0 Å². The molecule has 0 amide bonds. The SMILES string of the molecule is CC(=N)N1C(=N)C(C)(C)N=C(c2ccc(Cl)cc2)c2c1sc(C)c2C. The first kappa shape index (κ1) is 17.8. The standard InChI is InChI=1S/C19H21ClN4S/c1-10-11(2)25-17-15(10)16(13-6-8-14(20)9-7-13)23-19(4,5)18(22)24(17)12(3)21/h6-9,21-22H,1-5H3. The molecule has 2 N–H and O–H groups in total. The van der Waals surface area contributed by atoms with Gasteiger partial charge in [-0.1, -0.05) is 23.7 Å². The number of hydrogen-bond acceptors (Lipinski definition) is 4. The van der Waals surface area contributed by atoms with Gasteiger partial charge in [-0.15, -0.1) is 11.3 Å². The van der Waals surface area contributed by atoms with E-state index >= 15 is 0 Å². The van der Waals surface area contributed by atoms with Crippen LogP contribution in [0.15, 0.2) is 29.3 Å². The smallest absolute Gasteiger partial charge is 0.134 e. The Morgan fingerprint density at radius 2 is 1.80 bits per heavy atom. The minimum atomic E-state index is -0.740. The number of nitrogens with one attached hydrogen (secondary N) is 2. The van der Waals surface area contributed by atoms with E-state index < -0.39 is 5.54 Å². The summed E-state index contributed by atoms with van der Waals surface area (Å²) in [7, 11) is 0. The van der Waals surface area contributed by atoms with Gasteiger partial charge < -0.3 is 0 Å². The first-order chi connectivity index (χ1) is 11.6. The summed E-state index contributed by atoms with van der Waals surface area (Å²) in [6, 6.07) is 7.64. The molecule has 0 aliphatic carbocycles. The summed E-state index contributed by atoms with van der Waals surface area (Å²) in [6.45, 7) is 9.70. The lowest BCUT2D eigenvalue weighted by Gasteiger charge is -2.29. The molecule has 0 unspecified atom stereocenters. The van der Waals surface area contributed by atoms with E-state index in [1.54, 1.807) is 23.2 Å². The van der Waals surface area contributed by atoms with E-state index in [-0.39, 0.29) is 0 Å². The van der Waals surface area contributed by atoms with Gasteiger partial charge in [0.25, 0.3) is 0 Å². The normalized spacial score (nSPS) is 16.3. The molecule has 1 aliphatic rings. The Morgan fingerprint density at radius 3 is 2.36 bits per heavy atom. The minimum absolute atomic E-state index is 0.312. The molecule has 1 aromatic heterocycles. The second kappa shape index (κ2) is 6.07. The van der Waals surface area contributed by atoms with Crippen LogP contribution in [-0.2, 0) is 0 Å². The van der Waals surface area contributed by atoms with Gasteiger partial charge in [0.05, 0.1) is 5.71 Å². The highest BCUT2D eigenvalue weighted by Crippen LogP contribution is 2.41. The lowest BCUT2D eigenvalue weighted by Crippen LogP contribution is -2.45. The third kappa shape index (κ3) is 2.92. The van der Waals surface area contributed by atoms with Crippen molar-refractivity contribution in [2.45, 2.75) is 40.2 Å². The van der Waals surface area contributed by atoms with Gasteiger partial charge in [-0.05, 0) is 52.3 Å². The molecule has 0 fully saturated rings. The number of aryl methyl sites for hydroxylation is 1.